The van der Waals surface area contributed by atoms with Gasteiger partial charge in [-0.15, -0.1) is 0 Å². The number of carbonyl (C=O) groups is 1. The lowest BCUT2D eigenvalue weighted by Crippen LogP contribution is -2.33. The first-order valence-corrected chi connectivity index (χ1v) is 4.47. The minimum atomic E-state index is -4.50. The van der Waals surface area contributed by atoms with E-state index in [0.29, 0.717) is 0 Å². The highest BCUT2D eigenvalue weighted by molar-refractivity contribution is 6.33. The standard InChI is InChI=1S/C9H6ClF4NO/c10-7-3-5(11)1-2-6(7)8(16)15-4-9(12,13)14/h1-3H,4H2,(H,15,16). The zero-order valence-electron chi connectivity index (χ0n) is 7.74. The average Bonchev–Trinajstić information content (AvgIpc) is 2.13. The lowest BCUT2D eigenvalue weighted by atomic mass is 10.2. The molecule has 0 spiro atoms. The lowest BCUT2D eigenvalue weighted by molar-refractivity contribution is -0.123. The van der Waals surface area contributed by atoms with E-state index in [1.54, 1.807) is 5.32 Å². The molecule has 0 saturated carbocycles. The van der Waals surface area contributed by atoms with Gasteiger partial charge >= 0.3 is 6.18 Å². The largest absolute Gasteiger partial charge is 0.405 e. The van der Waals surface area contributed by atoms with Crippen LogP contribution in [0.2, 0.25) is 5.02 Å². The maximum absolute atomic E-state index is 12.6. The summed E-state index contributed by atoms with van der Waals surface area (Å²) in [6, 6.07) is 2.81. The lowest BCUT2D eigenvalue weighted by Gasteiger charge is -2.09. The third-order valence-corrected chi connectivity index (χ3v) is 1.94. The SMILES string of the molecule is O=C(NCC(F)(F)F)c1ccc(F)cc1Cl. The van der Waals surface area contributed by atoms with E-state index in [2.05, 4.69) is 0 Å². The molecule has 88 valence electrons. The normalized spacial score (nSPS) is 11.3. The molecule has 1 rings (SSSR count). The van der Waals surface area contributed by atoms with Gasteiger partial charge in [0, 0.05) is 0 Å². The number of carbonyl (C=O) groups excluding carboxylic acids is 1. The minimum Gasteiger partial charge on any atom is -0.343 e. The molecule has 1 amide bonds. The van der Waals surface area contributed by atoms with E-state index in [1.165, 1.54) is 0 Å². The van der Waals surface area contributed by atoms with Gasteiger partial charge in [-0.3, -0.25) is 4.79 Å². The summed E-state index contributed by atoms with van der Waals surface area (Å²) in [6.07, 6.45) is -4.50. The predicted molar refractivity (Wildman–Crippen MR) is 49.8 cm³/mol. The van der Waals surface area contributed by atoms with Crippen LogP contribution in [-0.2, 0) is 0 Å². The van der Waals surface area contributed by atoms with Crippen LogP contribution in [0, 0.1) is 5.82 Å². The summed E-state index contributed by atoms with van der Waals surface area (Å²) in [5, 5.41) is 1.39. The molecule has 0 atom stereocenters. The van der Waals surface area contributed by atoms with E-state index < -0.39 is 24.4 Å². The predicted octanol–water partition coefficient (Wildman–Crippen LogP) is 2.77. The van der Waals surface area contributed by atoms with Gasteiger partial charge < -0.3 is 5.32 Å². The van der Waals surface area contributed by atoms with E-state index in [1.807, 2.05) is 0 Å². The van der Waals surface area contributed by atoms with E-state index in [0.717, 1.165) is 18.2 Å². The molecule has 0 aliphatic carbocycles. The average molecular weight is 256 g/mol. The third kappa shape index (κ3) is 3.69. The van der Waals surface area contributed by atoms with E-state index >= 15 is 0 Å². The van der Waals surface area contributed by atoms with Crippen molar-refractivity contribution in [3.63, 3.8) is 0 Å². The number of rotatable bonds is 2. The highest BCUT2D eigenvalue weighted by Crippen LogP contribution is 2.18. The van der Waals surface area contributed by atoms with Crippen LogP contribution < -0.4 is 5.32 Å². The third-order valence-electron chi connectivity index (χ3n) is 1.63. The Kier molecular flexibility index (Phi) is 3.74. The van der Waals surface area contributed by atoms with Gasteiger partial charge in [0.2, 0.25) is 0 Å². The van der Waals surface area contributed by atoms with Crippen LogP contribution in [0.25, 0.3) is 0 Å². The van der Waals surface area contributed by atoms with Gasteiger partial charge in [0.1, 0.15) is 12.4 Å². The molecule has 7 heteroatoms. The Morgan fingerprint density at radius 3 is 2.50 bits per heavy atom. The molecule has 0 unspecified atom stereocenters. The van der Waals surface area contributed by atoms with Crippen molar-refractivity contribution >= 4 is 17.5 Å². The van der Waals surface area contributed by atoms with Crippen LogP contribution in [0.15, 0.2) is 18.2 Å². The molecular weight excluding hydrogens is 250 g/mol. The van der Waals surface area contributed by atoms with Gasteiger partial charge in [0.25, 0.3) is 5.91 Å². The summed E-state index contributed by atoms with van der Waals surface area (Å²) in [6.45, 7) is -1.46. The van der Waals surface area contributed by atoms with Crippen molar-refractivity contribution in [3.05, 3.63) is 34.6 Å². The molecule has 0 aromatic heterocycles. The van der Waals surface area contributed by atoms with Crippen LogP contribution >= 0.6 is 11.6 Å². The maximum atomic E-state index is 12.6. The smallest absolute Gasteiger partial charge is 0.343 e. The Morgan fingerprint density at radius 2 is 2.00 bits per heavy atom. The molecule has 0 radical (unpaired) electrons. The molecule has 1 N–H and O–H groups in total. The summed E-state index contributed by atoms with van der Waals surface area (Å²) >= 11 is 5.49. The van der Waals surface area contributed by atoms with E-state index in [4.69, 9.17) is 11.6 Å². The van der Waals surface area contributed by atoms with Gasteiger partial charge in [-0.1, -0.05) is 11.6 Å². The van der Waals surface area contributed by atoms with Crippen molar-refractivity contribution < 1.29 is 22.4 Å². The van der Waals surface area contributed by atoms with Gasteiger partial charge in [0.15, 0.2) is 0 Å². The van der Waals surface area contributed by atoms with Gasteiger partial charge in [-0.2, -0.15) is 13.2 Å². The summed E-state index contributed by atoms with van der Waals surface area (Å²) in [7, 11) is 0. The van der Waals surface area contributed by atoms with Crippen LogP contribution in [0.4, 0.5) is 17.6 Å². The molecule has 1 aromatic carbocycles. The fraction of sp³-hybridized carbons (Fsp3) is 0.222. The molecule has 16 heavy (non-hydrogen) atoms. The second-order valence-corrected chi connectivity index (χ2v) is 3.33. The molecule has 0 bridgehead atoms. The van der Waals surface area contributed by atoms with Crippen LogP contribution in [0.1, 0.15) is 10.4 Å². The second kappa shape index (κ2) is 4.69. The topological polar surface area (TPSA) is 29.1 Å². The molecule has 0 fully saturated rings. The molecule has 2 nitrogen and oxygen atoms in total. The molecule has 0 aliphatic rings. The zero-order chi connectivity index (χ0) is 12.3. The number of benzene rings is 1. The fourth-order valence-corrected chi connectivity index (χ4v) is 1.20. The fourth-order valence-electron chi connectivity index (χ4n) is 0.949. The Labute approximate surface area is 93.2 Å². The highest BCUT2D eigenvalue weighted by atomic mass is 35.5. The quantitative estimate of drug-likeness (QED) is 0.809. The first kappa shape index (κ1) is 12.8. The second-order valence-electron chi connectivity index (χ2n) is 2.92. The number of alkyl halides is 3. The zero-order valence-corrected chi connectivity index (χ0v) is 8.49. The highest BCUT2D eigenvalue weighted by Gasteiger charge is 2.28. The van der Waals surface area contributed by atoms with Crippen LogP contribution in [0.3, 0.4) is 0 Å². The van der Waals surface area contributed by atoms with Gasteiger partial charge in [-0.25, -0.2) is 4.39 Å². The Bertz CT molecular complexity index is 405. The number of halogens is 5. The van der Waals surface area contributed by atoms with Crippen LogP contribution in [-0.4, -0.2) is 18.6 Å². The van der Waals surface area contributed by atoms with E-state index in [-0.39, 0.29) is 10.6 Å². The maximum Gasteiger partial charge on any atom is 0.405 e. The summed E-state index contributed by atoms with van der Waals surface area (Å²) in [5.41, 5.74) is -0.202. The Hall–Kier alpha value is -1.30. The first-order chi connectivity index (χ1) is 7.29. The van der Waals surface area contributed by atoms with Gasteiger partial charge in [-0.05, 0) is 18.2 Å². The molecule has 0 heterocycles. The first-order valence-electron chi connectivity index (χ1n) is 4.09. The number of nitrogens with one attached hydrogen (secondary N) is 1. The minimum absolute atomic E-state index is 0.202. The molecule has 1 aromatic rings. The molecule has 0 saturated heterocycles. The Balaban J connectivity index is 2.74. The summed E-state index contributed by atoms with van der Waals surface area (Å²) in [5.74, 6) is -1.67. The van der Waals surface area contributed by atoms with Crippen LogP contribution in [0.5, 0.6) is 0 Å². The van der Waals surface area contributed by atoms with E-state index in [9.17, 15) is 22.4 Å². The summed E-state index contributed by atoms with van der Waals surface area (Å²) < 4.78 is 48.0. The van der Waals surface area contributed by atoms with Crippen molar-refractivity contribution in [1.82, 2.24) is 5.32 Å². The Morgan fingerprint density at radius 1 is 1.38 bits per heavy atom. The van der Waals surface area contributed by atoms with Crippen molar-refractivity contribution in [2.75, 3.05) is 6.54 Å². The number of hydrogen-bond acceptors (Lipinski definition) is 1. The van der Waals surface area contributed by atoms with Crippen molar-refractivity contribution in [1.29, 1.82) is 0 Å². The van der Waals surface area contributed by atoms with Crippen molar-refractivity contribution in [3.8, 4) is 0 Å². The summed E-state index contributed by atoms with van der Waals surface area (Å²) in [4.78, 5) is 11.2. The van der Waals surface area contributed by atoms with Crippen molar-refractivity contribution in [2.45, 2.75) is 6.18 Å². The van der Waals surface area contributed by atoms with Gasteiger partial charge in [0.05, 0.1) is 10.6 Å². The number of amides is 1. The monoisotopic (exact) mass is 255 g/mol. The number of hydrogen-bond donors (Lipinski definition) is 1. The molecule has 0 aliphatic heterocycles. The molecular formula is C9H6ClF4NO. The van der Waals surface area contributed by atoms with Crippen molar-refractivity contribution in [2.24, 2.45) is 0 Å².